The summed E-state index contributed by atoms with van der Waals surface area (Å²) >= 11 is 5.51. The van der Waals surface area contributed by atoms with Gasteiger partial charge in [0, 0.05) is 5.02 Å². The smallest absolute Gasteiger partial charge is 0.394 e. The SMILES string of the molecule is CC(N)(CO)c1ccc(Cl)cc1C(F)(F)F. The number of alkyl halides is 3. The van der Waals surface area contributed by atoms with Crippen molar-refractivity contribution in [1.82, 2.24) is 0 Å². The molecule has 0 aliphatic carbocycles. The first kappa shape index (κ1) is 13.3. The molecule has 0 saturated heterocycles. The zero-order valence-electron chi connectivity index (χ0n) is 8.48. The predicted octanol–water partition coefficient (Wildman–Crippen LogP) is 2.53. The molecule has 1 aromatic carbocycles. The summed E-state index contributed by atoms with van der Waals surface area (Å²) in [5, 5.41) is 8.96. The molecule has 0 bridgehead atoms. The van der Waals surface area contributed by atoms with Gasteiger partial charge in [-0.2, -0.15) is 13.2 Å². The number of aliphatic hydroxyl groups is 1. The monoisotopic (exact) mass is 253 g/mol. The highest BCUT2D eigenvalue weighted by Gasteiger charge is 2.37. The Morgan fingerprint density at radius 2 is 1.88 bits per heavy atom. The van der Waals surface area contributed by atoms with Gasteiger partial charge in [0.2, 0.25) is 0 Å². The van der Waals surface area contributed by atoms with Crippen LogP contribution in [0.5, 0.6) is 0 Å². The van der Waals surface area contributed by atoms with Gasteiger partial charge in [-0.25, -0.2) is 0 Å². The van der Waals surface area contributed by atoms with Crippen molar-refractivity contribution >= 4 is 11.6 Å². The van der Waals surface area contributed by atoms with E-state index in [1.807, 2.05) is 0 Å². The fraction of sp³-hybridized carbons (Fsp3) is 0.400. The molecule has 0 heterocycles. The number of hydrogen-bond donors (Lipinski definition) is 2. The van der Waals surface area contributed by atoms with E-state index in [0.29, 0.717) is 0 Å². The van der Waals surface area contributed by atoms with Gasteiger partial charge in [0.15, 0.2) is 0 Å². The van der Waals surface area contributed by atoms with Crippen molar-refractivity contribution in [2.75, 3.05) is 6.61 Å². The van der Waals surface area contributed by atoms with E-state index in [4.69, 9.17) is 22.4 Å². The summed E-state index contributed by atoms with van der Waals surface area (Å²) in [7, 11) is 0. The standard InChI is InChI=1S/C10H11ClF3NO/c1-9(15,5-16)7-3-2-6(11)4-8(7)10(12,13)14/h2-4,16H,5,15H2,1H3. The van der Waals surface area contributed by atoms with Crippen LogP contribution in [0.25, 0.3) is 0 Å². The zero-order chi connectivity index (χ0) is 12.6. The highest BCUT2D eigenvalue weighted by Crippen LogP contribution is 2.37. The fourth-order valence-corrected chi connectivity index (χ4v) is 1.51. The van der Waals surface area contributed by atoms with Gasteiger partial charge in [-0.1, -0.05) is 17.7 Å². The van der Waals surface area contributed by atoms with Crippen LogP contribution in [0.4, 0.5) is 13.2 Å². The summed E-state index contributed by atoms with van der Waals surface area (Å²) in [6.07, 6.45) is -4.55. The Labute approximate surface area is 95.8 Å². The number of halogens is 4. The molecule has 0 spiro atoms. The van der Waals surface area contributed by atoms with Crippen LogP contribution in [0.15, 0.2) is 18.2 Å². The Bertz CT molecular complexity index is 390. The topological polar surface area (TPSA) is 46.2 Å². The molecule has 0 saturated carbocycles. The van der Waals surface area contributed by atoms with Gasteiger partial charge in [0.1, 0.15) is 0 Å². The van der Waals surface area contributed by atoms with Crippen LogP contribution in [0.3, 0.4) is 0 Å². The number of rotatable bonds is 2. The predicted molar refractivity (Wildman–Crippen MR) is 55.1 cm³/mol. The molecule has 0 aliphatic rings. The molecule has 0 aromatic heterocycles. The number of aliphatic hydroxyl groups excluding tert-OH is 1. The minimum absolute atomic E-state index is 0.0233. The number of nitrogens with two attached hydrogens (primary N) is 1. The van der Waals surface area contributed by atoms with E-state index in [1.54, 1.807) is 0 Å². The lowest BCUT2D eigenvalue weighted by molar-refractivity contribution is -0.138. The van der Waals surface area contributed by atoms with E-state index in [2.05, 4.69) is 0 Å². The van der Waals surface area contributed by atoms with E-state index in [1.165, 1.54) is 19.1 Å². The Morgan fingerprint density at radius 1 is 1.31 bits per heavy atom. The minimum atomic E-state index is -4.55. The molecule has 0 amide bonds. The molecule has 3 N–H and O–H groups in total. The van der Waals surface area contributed by atoms with Crippen molar-refractivity contribution in [3.63, 3.8) is 0 Å². The Hall–Kier alpha value is -0.780. The Kier molecular flexibility index (Phi) is 3.52. The van der Waals surface area contributed by atoms with Crippen LogP contribution in [0, 0.1) is 0 Å². The molecule has 16 heavy (non-hydrogen) atoms. The summed E-state index contributed by atoms with van der Waals surface area (Å²) in [6, 6.07) is 3.30. The average Bonchev–Trinajstić information content (AvgIpc) is 2.16. The van der Waals surface area contributed by atoms with Gasteiger partial charge in [0.25, 0.3) is 0 Å². The molecule has 2 nitrogen and oxygen atoms in total. The van der Waals surface area contributed by atoms with Gasteiger partial charge >= 0.3 is 6.18 Å². The second-order valence-electron chi connectivity index (χ2n) is 3.76. The van der Waals surface area contributed by atoms with Crippen molar-refractivity contribution < 1.29 is 18.3 Å². The molecule has 0 fully saturated rings. The number of benzene rings is 1. The highest BCUT2D eigenvalue weighted by molar-refractivity contribution is 6.30. The highest BCUT2D eigenvalue weighted by atomic mass is 35.5. The first-order valence-electron chi connectivity index (χ1n) is 4.45. The molecule has 0 aliphatic heterocycles. The second kappa shape index (κ2) is 4.24. The van der Waals surface area contributed by atoms with Gasteiger partial charge in [-0.3, -0.25) is 0 Å². The largest absolute Gasteiger partial charge is 0.416 e. The van der Waals surface area contributed by atoms with Crippen molar-refractivity contribution in [2.24, 2.45) is 5.73 Å². The Morgan fingerprint density at radius 3 is 2.31 bits per heavy atom. The van der Waals surface area contributed by atoms with Gasteiger partial charge < -0.3 is 10.8 Å². The van der Waals surface area contributed by atoms with E-state index < -0.39 is 23.9 Å². The molecule has 0 radical (unpaired) electrons. The van der Waals surface area contributed by atoms with Gasteiger partial charge in [-0.15, -0.1) is 0 Å². The van der Waals surface area contributed by atoms with Crippen molar-refractivity contribution in [2.45, 2.75) is 18.6 Å². The van der Waals surface area contributed by atoms with Crippen molar-refractivity contribution in [1.29, 1.82) is 0 Å². The van der Waals surface area contributed by atoms with Crippen LogP contribution in [0.1, 0.15) is 18.1 Å². The first-order chi connectivity index (χ1) is 7.18. The van der Waals surface area contributed by atoms with Crippen LogP contribution < -0.4 is 5.73 Å². The summed E-state index contributed by atoms with van der Waals surface area (Å²) in [4.78, 5) is 0. The molecule has 90 valence electrons. The summed E-state index contributed by atoms with van der Waals surface area (Å²) in [5.74, 6) is 0. The fourth-order valence-electron chi connectivity index (χ4n) is 1.33. The maximum Gasteiger partial charge on any atom is 0.416 e. The molecule has 1 atom stereocenters. The zero-order valence-corrected chi connectivity index (χ0v) is 9.23. The molecule has 6 heteroatoms. The third kappa shape index (κ3) is 2.66. The first-order valence-corrected chi connectivity index (χ1v) is 4.83. The molecule has 1 unspecified atom stereocenters. The normalized spacial score (nSPS) is 15.9. The lowest BCUT2D eigenvalue weighted by atomic mass is 9.89. The van der Waals surface area contributed by atoms with Crippen LogP contribution in [-0.2, 0) is 11.7 Å². The molecule has 1 rings (SSSR count). The Balaban J connectivity index is 3.40. The van der Waals surface area contributed by atoms with Crippen LogP contribution >= 0.6 is 11.6 Å². The van der Waals surface area contributed by atoms with E-state index >= 15 is 0 Å². The summed E-state index contributed by atoms with van der Waals surface area (Å²) in [6.45, 7) is 0.739. The lowest BCUT2D eigenvalue weighted by Crippen LogP contribution is -2.39. The maximum absolute atomic E-state index is 12.7. The lowest BCUT2D eigenvalue weighted by Gasteiger charge is -2.26. The quantitative estimate of drug-likeness (QED) is 0.851. The molecular weight excluding hydrogens is 243 g/mol. The molecule has 1 aromatic rings. The number of hydrogen-bond acceptors (Lipinski definition) is 2. The van der Waals surface area contributed by atoms with E-state index in [9.17, 15) is 13.2 Å². The molecular formula is C10H11ClF3NO. The second-order valence-corrected chi connectivity index (χ2v) is 4.20. The third-order valence-corrected chi connectivity index (χ3v) is 2.47. The van der Waals surface area contributed by atoms with E-state index in [-0.39, 0.29) is 10.6 Å². The van der Waals surface area contributed by atoms with Crippen molar-refractivity contribution in [3.05, 3.63) is 34.3 Å². The average molecular weight is 254 g/mol. The summed E-state index contributed by atoms with van der Waals surface area (Å²) < 4.78 is 38.1. The van der Waals surface area contributed by atoms with Gasteiger partial charge in [0.05, 0.1) is 17.7 Å². The van der Waals surface area contributed by atoms with Crippen molar-refractivity contribution in [3.8, 4) is 0 Å². The van der Waals surface area contributed by atoms with E-state index in [0.717, 1.165) is 6.07 Å². The minimum Gasteiger partial charge on any atom is -0.394 e. The summed E-state index contributed by atoms with van der Waals surface area (Å²) in [5.41, 5.74) is 3.05. The third-order valence-electron chi connectivity index (χ3n) is 2.23. The maximum atomic E-state index is 12.7. The van der Waals surface area contributed by atoms with Crippen LogP contribution in [-0.4, -0.2) is 11.7 Å². The van der Waals surface area contributed by atoms with Gasteiger partial charge in [-0.05, 0) is 24.6 Å². The van der Waals surface area contributed by atoms with Crippen LogP contribution in [0.2, 0.25) is 5.02 Å².